The fourth-order valence-corrected chi connectivity index (χ4v) is 3.58. The van der Waals surface area contributed by atoms with Crippen molar-refractivity contribution >= 4 is 5.91 Å². The van der Waals surface area contributed by atoms with E-state index < -0.39 is 6.10 Å². The first-order chi connectivity index (χ1) is 13.6. The number of ether oxygens (including phenoxy) is 1. The van der Waals surface area contributed by atoms with Crippen LogP contribution in [0.25, 0.3) is 5.69 Å². The van der Waals surface area contributed by atoms with Crippen LogP contribution in [-0.2, 0) is 16.1 Å². The summed E-state index contributed by atoms with van der Waals surface area (Å²) < 4.78 is 22.8. The number of aromatic nitrogens is 4. The Hall–Kier alpha value is -3.00. The summed E-state index contributed by atoms with van der Waals surface area (Å²) in [6, 6.07) is 7.89. The molecule has 0 saturated carbocycles. The highest BCUT2D eigenvalue weighted by Gasteiger charge is 2.37. The van der Waals surface area contributed by atoms with Gasteiger partial charge in [-0.1, -0.05) is 0 Å². The van der Waals surface area contributed by atoms with Gasteiger partial charge < -0.3 is 14.6 Å². The van der Waals surface area contributed by atoms with E-state index in [1.165, 1.54) is 12.1 Å². The molecule has 8 heteroatoms. The van der Waals surface area contributed by atoms with Crippen LogP contribution >= 0.6 is 0 Å². The summed E-state index contributed by atoms with van der Waals surface area (Å²) in [6.45, 7) is 3.12. The molecule has 1 aromatic carbocycles. The van der Waals surface area contributed by atoms with Gasteiger partial charge in [-0.25, -0.2) is 14.1 Å². The highest BCUT2D eigenvalue weighted by molar-refractivity contribution is 5.80. The van der Waals surface area contributed by atoms with Crippen molar-refractivity contribution in [3.05, 3.63) is 66.8 Å². The second-order valence-electron chi connectivity index (χ2n) is 7.00. The minimum absolute atomic E-state index is 0.0371. The highest BCUT2D eigenvalue weighted by atomic mass is 19.1. The molecule has 4 rings (SSSR count). The van der Waals surface area contributed by atoms with Gasteiger partial charge in [0, 0.05) is 37.8 Å². The minimum Gasteiger partial charge on any atom is -0.371 e. The number of amides is 1. The summed E-state index contributed by atoms with van der Waals surface area (Å²) in [5, 5.41) is 7.41. The molecule has 0 spiro atoms. The van der Waals surface area contributed by atoms with Crippen molar-refractivity contribution in [2.24, 2.45) is 5.92 Å². The van der Waals surface area contributed by atoms with Gasteiger partial charge in [0.15, 0.2) is 0 Å². The molecule has 3 atom stereocenters. The van der Waals surface area contributed by atoms with Crippen molar-refractivity contribution in [2.45, 2.75) is 32.0 Å². The molecule has 0 radical (unpaired) electrons. The van der Waals surface area contributed by atoms with Gasteiger partial charge in [0.25, 0.3) is 0 Å². The van der Waals surface area contributed by atoms with Crippen LogP contribution in [0.5, 0.6) is 0 Å². The Morgan fingerprint density at radius 2 is 2.14 bits per heavy atom. The number of halogens is 1. The maximum absolute atomic E-state index is 13.2. The van der Waals surface area contributed by atoms with Crippen LogP contribution < -0.4 is 5.32 Å². The van der Waals surface area contributed by atoms with Gasteiger partial charge in [0.1, 0.15) is 11.9 Å². The normalized spacial score (nSPS) is 20.2. The fourth-order valence-electron chi connectivity index (χ4n) is 3.58. The van der Waals surface area contributed by atoms with E-state index in [1.807, 2.05) is 23.8 Å². The van der Waals surface area contributed by atoms with Gasteiger partial charge in [-0.3, -0.25) is 4.79 Å². The SMILES string of the molecule is C[C@@H](Cn1ccnc1)NC(=O)[C@H]1CCO[C@@H]1c1ccnn1-c1ccc(F)cc1. The van der Waals surface area contributed by atoms with Gasteiger partial charge >= 0.3 is 0 Å². The number of benzene rings is 1. The van der Waals surface area contributed by atoms with Gasteiger partial charge in [-0.15, -0.1) is 0 Å². The first-order valence-corrected chi connectivity index (χ1v) is 9.29. The summed E-state index contributed by atoms with van der Waals surface area (Å²) in [6.07, 6.45) is 7.22. The second kappa shape index (κ2) is 7.93. The molecule has 7 nitrogen and oxygen atoms in total. The molecule has 0 bridgehead atoms. The second-order valence-corrected chi connectivity index (χ2v) is 7.00. The van der Waals surface area contributed by atoms with E-state index >= 15 is 0 Å². The predicted molar refractivity (Wildman–Crippen MR) is 100 cm³/mol. The number of imidazole rings is 1. The molecular weight excluding hydrogens is 361 g/mol. The molecular formula is C20H22FN5O2. The largest absolute Gasteiger partial charge is 0.371 e. The molecule has 3 aromatic rings. The molecule has 0 unspecified atom stereocenters. The van der Waals surface area contributed by atoms with Crippen LogP contribution in [0.2, 0.25) is 0 Å². The van der Waals surface area contributed by atoms with Crippen LogP contribution in [0.3, 0.4) is 0 Å². The summed E-state index contributed by atoms with van der Waals surface area (Å²) >= 11 is 0. The topological polar surface area (TPSA) is 74.0 Å². The molecule has 146 valence electrons. The lowest BCUT2D eigenvalue weighted by Gasteiger charge is -2.22. The van der Waals surface area contributed by atoms with Crippen LogP contribution in [0, 0.1) is 11.7 Å². The number of rotatable bonds is 6. The Balaban J connectivity index is 1.49. The Bertz CT molecular complexity index is 922. The molecule has 1 N–H and O–H groups in total. The number of carbonyl (C=O) groups excluding carboxylic acids is 1. The van der Waals surface area contributed by atoms with E-state index in [1.54, 1.807) is 35.5 Å². The van der Waals surface area contributed by atoms with E-state index in [4.69, 9.17) is 4.74 Å². The van der Waals surface area contributed by atoms with E-state index in [0.717, 1.165) is 11.4 Å². The van der Waals surface area contributed by atoms with Crippen molar-refractivity contribution in [1.82, 2.24) is 24.6 Å². The Morgan fingerprint density at radius 3 is 2.89 bits per heavy atom. The zero-order chi connectivity index (χ0) is 19.5. The van der Waals surface area contributed by atoms with E-state index in [2.05, 4.69) is 15.4 Å². The zero-order valence-corrected chi connectivity index (χ0v) is 15.5. The maximum atomic E-state index is 13.2. The van der Waals surface area contributed by atoms with Crippen molar-refractivity contribution in [3.8, 4) is 5.69 Å². The third-order valence-corrected chi connectivity index (χ3v) is 4.90. The average molecular weight is 383 g/mol. The summed E-state index contributed by atoms with van der Waals surface area (Å²) in [5.41, 5.74) is 1.51. The molecule has 1 aliphatic heterocycles. The molecule has 1 saturated heterocycles. The highest BCUT2D eigenvalue weighted by Crippen LogP contribution is 2.35. The summed E-state index contributed by atoms with van der Waals surface area (Å²) in [5.74, 6) is -0.651. The van der Waals surface area contributed by atoms with Gasteiger partial charge in [0.05, 0.1) is 23.6 Å². The van der Waals surface area contributed by atoms with Gasteiger partial charge in [0.2, 0.25) is 5.91 Å². The Kier molecular flexibility index (Phi) is 5.21. The van der Waals surface area contributed by atoms with Crippen molar-refractivity contribution in [2.75, 3.05) is 6.61 Å². The van der Waals surface area contributed by atoms with Crippen molar-refractivity contribution < 1.29 is 13.9 Å². The Labute approximate surface area is 162 Å². The number of nitrogens with one attached hydrogen (secondary N) is 1. The smallest absolute Gasteiger partial charge is 0.226 e. The van der Waals surface area contributed by atoms with E-state index in [0.29, 0.717) is 19.6 Å². The van der Waals surface area contributed by atoms with Crippen molar-refractivity contribution in [3.63, 3.8) is 0 Å². The number of hydrogen-bond acceptors (Lipinski definition) is 4. The maximum Gasteiger partial charge on any atom is 0.226 e. The standard InChI is InChI=1S/C20H22FN5O2/c1-14(12-25-10-9-22-13-25)24-20(27)17-7-11-28-19(17)18-6-8-23-26(18)16-4-2-15(21)3-5-16/h2-6,8-10,13-14,17,19H,7,11-12H2,1H3,(H,24,27)/t14-,17-,19-/m0/s1. The molecule has 1 aliphatic rings. The number of carbonyl (C=O) groups is 1. The third-order valence-electron chi connectivity index (χ3n) is 4.90. The lowest BCUT2D eigenvalue weighted by atomic mass is 9.97. The summed E-state index contributed by atoms with van der Waals surface area (Å²) in [4.78, 5) is 16.9. The van der Waals surface area contributed by atoms with Crippen LogP contribution in [0.4, 0.5) is 4.39 Å². The number of nitrogens with zero attached hydrogens (tertiary/aromatic N) is 4. The average Bonchev–Trinajstić information content (AvgIpc) is 3.43. The minimum atomic E-state index is -0.395. The lowest BCUT2D eigenvalue weighted by Crippen LogP contribution is -2.40. The zero-order valence-electron chi connectivity index (χ0n) is 15.5. The lowest BCUT2D eigenvalue weighted by molar-refractivity contribution is -0.127. The molecule has 28 heavy (non-hydrogen) atoms. The van der Waals surface area contributed by atoms with E-state index in [-0.39, 0.29) is 23.7 Å². The van der Waals surface area contributed by atoms with Crippen LogP contribution in [0.15, 0.2) is 55.2 Å². The molecule has 1 fully saturated rings. The molecule has 3 heterocycles. The number of hydrogen-bond donors (Lipinski definition) is 1. The molecule has 1 amide bonds. The quantitative estimate of drug-likeness (QED) is 0.710. The third kappa shape index (κ3) is 3.82. The molecule has 2 aromatic heterocycles. The first-order valence-electron chi connectivity index (χ1n) is 9.29. The van der Waals surface area contributed by atoms with Gasteiger partial charge in [-0.2, -0.15) is 5.10 Å². The first kappa shape index (κ1) is 18.4. The van der Waals surface area contributed by atoms with Crippen LogP contribution in [-0.4, -0.2) is 37.9 Å². The predicted octanol–water partition coefficient (Wildman–Crippen LogP) is 2.49. The van der Waals surface area contributed by atoms with E-state index in [9.17, 15) is 9.18 Å². The van der Waals surface area contributed by atoms with Crippen LogP contribution in [0.1, 0.15) is 25.1 Å². The Morgan fingerprint density at radius 1 is 1.32 bits per heavy atom. The van der Waals surface area contributed by atoms with Gasteiger partial charge in [-0.05, 0) is 43.7 Å². The molecule has 0 aliphatic carbocycles. The van der Waals surface area contributed by atoms with Crippen molar-refractivity contribution in [1.29, 1.82) is 0 Å². The fraction of sp³-hybridized carbons (Fsp3) is 0.350. The summed E-state index contributed by atoms with van der Waals surface area (Å²) in [7, 11) is 0. The monoisotopic (exact) mass is 383 g/mol.